The van der Waals surface area contributed by atoms with Crippen molar-refractivity contribution in [2.75, 3.05) is 44.2 Å². The van der Waals surface area contributed by atoms with Crippen molar-refractivity contribution in [3.63, 3.8) is 0 Å². The third-order valence-corrected chi connectivity index (χ3v) is 7.49. The number of anilines is 1. The maximum Gasteiger partial charge on any atom is 0.101 e. The maximum atomic E-state index is 9.48. The van der Waals surface area contributed by atoms with Gasteiger partial charge in [-0.05, 0) is 38.1 Å². The fraction of sp³-hybridized carbons (Fsp3) is 0.500. The molecule has 2 saturated heterocycles. The van der Waals surface area contributed by atoms with Crippen LogP contribution in [0.15, 0.2) is 36.7 Å². The van der Waals surface area contributed by atoms with Crippen molar-refractivity contribution >= 4 is 16.6 Å². The Morgan fingerprint density at radius 3 is 2.91 bits per heavy atom. The van der Waals surface area contributed by atoms with Gasteiger partial charge in [0.2, 0.25) is 0 Å². The summed E-state index contributed by atoms with van der Waals surface area (Å²) in [5, 5.41) is 18.8. The van der Waals surface area contributed by atoms with Crippen molar-refractivity contribution in [1.29, 1.82) is 5.26 Å². The number of aromatic nitrogens is 3. The Morgan fingerprint density at radius 2 is 2.06 bits per heavy atom. The lowest BCUT2D eigenvalue weighted by atomic mass is 10.0. The normalized spacial score (nSPS) is 25.7. The Morgan fingerprint density at radius 1 is 1.18 bits per heavy atom. The monoisotopic (exact) mass is 457 g/mol. The van der Waals surface area contributed by atoms with E-state index in [1.807, 2.05) is 12.1 Å². The number of benzene rings is 1. The van der Waals surface area contributed by atoms with E-state index in [-0.39, 0.29) is 12.2 Å². The van der Waals surface area contributed by atoms with Crippen LogP contribution in [0.2, 0.25) is 0 Å². The smallest absolute Gasteiger partial charge is 0.101 e. The summed E-state index contributed by atoms with van der Waals surface area (Å²) in [5.74, 6) is 0. The molecule has 5 heterocycles. The number of nitrogens with one attached hydrogen (secondary N) is 1. The fourth-order valence-corrected chi connectivity index (χ4v) is 5.85. The molecule has 2 fully saturated rings. The maximum absolute atomic E-state index is 9.48. The summed E-state index contributed by atoms with van der Waals surface area (Å²) in [6, 6.07) is 11.1. The molecule has 8 heteroatoms. The average molecular weight is 458 g/mol. The summed E-state index contributed by atoms with van der Waals surface area (Å²) in [7, 11) is 0. The largest absolute Gasteiger partial charge is 0.370 e. The first-order valence-corrected chi connectivity index (χ1v) is 12.3. The van der Waals surface area contributed by atoms with E-state index in [2.05, 4.69) is 63.0 Å². The first-order chi connectivity index (χ1) is 16.6. The number of likely N-dealkylation sites (tertiary alicyclic amines) is 1. The van der Waals surface area contributed by atoms with Crippen LogP contribution >= 0.6 is 0 Å². The number of ether oxygens (including phenoxy) is 1. The van der Waals surface area contributed by atoms with Crippen LogP contribution in [0.25, 0.3) is 10.9 Å². The van der Waals surface area contributed by atoms with Gasteiger partial charge in [-0.1, -0.05) is 0 Å². The molecule has 1 aromatic carbocycles. The minimum atomic E-state index is 0.142. The van der Waals surface area contributed by atoms with Crippen LogP contribution in [0.4, 0.5) is 5.69 Å². The molecule has 0 amide bonds. The van der Waals surface area contributed by atoms with Crippen LogP contribution in [-0.4, -0.2) is 71.1 Å². The van der Waals surface area contributed by atoms with Gasteiger partial charge in [-0.3, -0.25) is 14.6 Å². The quantitative estimate of drug-likeness (QED) is 0.645. The molecular weight excluding hydrogens is 426 g/mol. The van der Waals surface area contributed by atoms with E-state index in [0.717, 1.165) is 62.3 Å². The fourth-order valence-electron chi connectivity index (χ4n) is 5.85. The number of nitrogens with zero attached hydrogens (tertiary/aromatic N) is 6. The molecule has 176 valence electrons. The second-order valence-corrected chi connectivity index (χ2v) is 9.91. The van der Waals surface area contributed by atoms with Gasteiger partial charge in [0.25, 0.3) is 0 Å². The van der Waals surface area contributed by atoms with Gasteiger partial charge < -0.3 is 15.0 Å². The summed E-state index contributed by atoms with van der Waals surface area (Å²) < 4.78 is 8.62. The van der Waals surface area contributed by atoms with Crippen molar-refractivity contribution in [2.24, 2.45) is 0 Å². The van der Waals surface area contributed by atoms with Crippen molar-refractivity contribution in [3.8, 4) is 6.07 Å². The van der Waals surface area contributed by atoms with E-state index >= 15 is 0 Å². The van der Waals surface area contributed by atoms with Gasteiger partial charge >= 0.3 is 0 Å². The third-order valence-electron chi connectivity index (χ3n) is 7.49. The van der Waals surface area contributed by atoms with Crippen LogP contribution < -0.4 is 10.2 Å². The molecule has 0 spiro atoms. The standard InChI is InChI=1S/C26H31N7O/c1-17-12-32(24-6-5-19(10-27)26-22(24)4-3-8-29-26)16-21(34-17)15-31-13-20(14-31)33-25-7-9-28-18(2)23(25)11-30-33/h3-6,8,11,17-18,20-21,28H,7,9,12-16H2,1-2H3/t17?,18-,21?/m1/s1. The third kappa shape index (κ3) is 3.74. The molecule has 0 aliphatic carbocycles. The zero-order valence-corrected chi connectivity index (χ0v) is 19.8. The van der Waals surface area contributed by atoms with Gasteiger partial charge in [0, 0.05) is 80.3 Å². The van der Waals surface area contributed by atoms with Crippen molar-refractivity contribution in [1.82, 2.24) is 25.0 Å². The van der Waals surface area contributed by atoms with Crippen LogP contribution in [0.1, 0.15) is 42.8 Å². The van der Waals surface area contributed by atoms with Crippen LogP contribution in [0.3, 0.4) is 0 Å². The highest BCUT2D eigenvalue weighted by molar-refractivity contribution is 5.95. The Balaban J connectivity index is 1.14. The first-order valence-electron chi connectivity index (χ1n) is 12.3. The predicted molar refractivity (Wildman–Crippen MR) is 131 cm³/mol. The summed E-state index contributed by atoms with van der Waals surface area (Å²) in [6.45, 7) is 10.0. The zero-order valence-electron chi connectivity index (χ0n) is 19.8. The Labute approximate surface area is 200 Å². The van der Waals surface area contributed by atoms with E-state index < -0.39 is 0 Å². The van der Waals surface area contributed by atoms with Crippen LogP contribution in [0, 0.1) is 11.3 Å². The lowest BCUT2D eigenvalue weighted by molar-refractivity contribution is -0.0491. The Hall–Kier alpha value is -2.99. The highest BCUT2D eigenvalue weighted by Gasteiger charge is 2.36. The van der Waals surface area contributed by atoms with Gasteiger partial charge in [0.1, 0.15) is 6.07 Å². The molecule has 6 rings (SSSR count). The molecule has 3 atom stereocenters. The van der Waals surface area contributed by atoms with Gasteiger partial charge in [0.05, 0.1) is 35.5 Å². The SMILES string of the molecule is CC1CN(c2ccc(C#N)c3ncccc23)CC(CN2CC(n3ncc4c3CCN[C@@H]4C)C2)O1. The van der Waals surface area contributed by atoms with Crippen LogP contribution in [0.5, 0.6) is 0 Å². The Kier molecular flexibility index (Phi) is 5.48. The molecule has 1 N–H and O–H groups in total. The van der Waals surface area contributed by atoms with E-state index in [1.54, 1.807) is 6.20 Å². The second kappa shape index (κ2) is 8.66. The molecule has 2 unspecified atom stereocenters. The zero-order chi connectivity index (χ0) is 23.2. The van der Waals surface area contributed by atoms with Crippen molar-refractivity contribution < 1.29 is 4.74 Å². The molecule has 3 aliphatic heterocycles. The van der Waals surface area contributed by atoms with Crippen molar-refractivity contribution in [2.45, 2.75) is 44.6 Å². The molecule has 34 heavy (non-hydrogen) atoms. The number of pyridine rings is 1. The van der Waals surface area contributed by atoms with E-state index in [0.29, 0.717) is 17.6 Å². The van der Waals surface area contributed by atoms with E-state index in [1.165, 1.54) is 11.3 Å². The first kappa shape index (κ1) is 21.5. The molecular formula is C26H31N7O. The topological polar surface area (TPSA) is 82.2 Å². The van der Waals surface area contributed by atoms with E-state index in [9.17, 15) is 5.26 Å². The second-order valence-electron chi connectivity index (χ2n) is 9.91. The summed E-state index contributed by atoms with van der Waals surface area (Å²) >= 11 is 0. The number of hydrogen-bond acceptors (Lipinski definition) is 7. The number of hydrogen-bond donors (Lipinski definition) is 1. The lowest BCUT2D eigenvalue weighted by Gasteiger charge is -2.45. The molecule has 2 aromatic heterocycles. The molecule has 3 aliphatic rings. The number of morpholine rings is 1. The van der Waals surface area contributed by atoms with E-state index in [4.69, 9.17) is 9.84 Å². The van der Waals surface area contributed by atoms with Gasteiger partial charge in [-0.25, -0.2) is 0 Å². The summed E-state index contributed by atoms with van der Waals surface area (Å²) in [6.07, 6.45) is 5.15. The minimum absolute atomic E-state index is 0.142. The predicted octanol–water partition coefficient (Wildman–Crippen LogP) is 2.66. The van der Waals surface area contributed by atoms with Crippen molar-refractivity contribution in [3.05, 3.63) is 53.5 Å². The lowest BCUT2D eigenvalue weighted by Crippen LogP contribution is -2.56. The highest BCUT2D eigenvalue weighted by Crippen LogP contribution is 2.32. The summed E-state index contributed by atoms with van der Waals surface area (Å²) in [4.78, 5) is 9.37. The number of rotatable bonds is 4. The molecule has 3 aromatic rings. The molecule has 0 bridgehead atoms. The van der Waals surface area contributed by atoms with Gasteiger partial charge in [0.15, 0.2) is 0 Å². The highest BCUT2D eigenvalue weighted by atomic mass is 16.5. The molecule has 8 nitrogen and oxygen atoms in total. The summed E-state index contributed by atoms with van der Waals surface area (Å²) in [5.41, 5.74) is 5.29. The Bertz CT molecular complexity index is 1240. The molecule has 0 saturated carbocycles. The average Bonchev–Trinajstić information content (AvgIpc) is 3.25. The van der Waals surface area contributed by atoms with Crippen LogP contribution in [-0.2, 0) is 11.2 Å². The van der Waals surface area contributed by atoms with Gasteiger partial charge in [-0.15, -0.1) is 0 Å². The number of fused-ring (bicyclic) bond motifs is 2. The number of nitriles is 1. The van der Waals surface area contributed by atoms with Gasteiger partial charge in [-0.2, -0.15) is 10.4 Å². The molecule has 0 radical (unpaired) electrons. The minimum Gasteiger partial charge on any atom is -0.370 e.